The summed E-state index contributed by atoms with van der Waals surface area (Å²) < 4.78 is 27.4. The molecular formula is C17H17N3O3S. The lowest BCUT2D eigenvalue weighted by Gasteiger charge is -2.24. The Balaban J connectivity index is 1.68. The van der Waals surface area contributed by atoms with Gasteiger partial charge in [0.2, 0.25) is 5.91 Å². The molecule has 6 nitrogen and oxygen atoms in total. The Labute approximate surface area is 140 Å². The Kier molecular flexibility index (Phi) is 4.35. The molecule has 0 radical (unpaired) electrons. The number of carbonyl (C=O) groups excluding carboxylic acids is 1. The molecular weight excluding hydrogens is 326 g/mol. The van der Waals surface area contributed by atoms with Gasteiger partial charge >= 0.3 is 0 Å². The Hall–Kier alpha value is -2.67. The lowest BCUT2D eigenvalue weighted by Crippen LogP contribution is -2.38. The second-order valence-corrected chi connectivity index (χ2v) is 7.15. The predicted octanol–water partition coefficient (Wildman–Crippen LogP) is 1.85. The Bertz CT molecular complexity index is 890. The standard InChI is InChI=1S/C17H17N3O3S/c1-13-6-8-14(9-7-13)10-18-17(21)11-20-12-19-24(22,23)16-5-3-2-4-15(16)20/h2-9,12H,10-11H2,1H3,(H,18,21). The molecule has 0 saturated heterocycles. The van der Waals surface area contributed by atoms with Crippen molar-refractivity contribution in [2.45, 2.75) is 18.4 Å². The molecule has 24 heavy (non-hydrogen) atoms. The highest BCUT2D eigenvalue weighted by atomic mass is 32.2. The second kappa shape index (κ2) is 6.45. The Morgan fingerprint density at radius 3 is 2.58 bits per heavy atom. The average Bonchev–Trinajstić information content (AvgIpc) is 2.57. The molecule has 0 fully saturated rings. The largest absolute Gasteiger partial charge is 0.350 e. The van der Waals surface area contributed by atoms with Gasteiger partial charge in [0.05, 0.1) is 5.69 Å². The number of carbonyl (C=O) groups is 1. The van der Waals surface area contributed by atoms with Gasteiger partial charge in [-0.05, 0) is 24.6 Å². The maximum Gasteiger partial charge on any atom is 0.285 e. The molecule has 2 aromatic rings. The maximum absolute atomic E-state index is 12.2. The first kappa shape index (κ1) is 16.2. The molecule has 2 aromatic carbocycles. The molecule has 0 spiro atoms. The van der Waals surface area contributed by atoms with E-state index < -0.39 is 10.0 Å². The highest BCUT2D eigenvalue weighted by Crippen LogP contribution is 2.28. The predicted molar refractivity (Wildman–Crippen MR) is 92.5 cm³/mol. The second-order valence-electron chi connectivity index (χ2n) is 5.55. The van der Waals surface area contributed by atoms with Gasteiger partial charge in [-0.3, -0.25) is 4.79 Å². The van der Waals surface area contributed by atoms with Gasteiger partial charge in [-0.1, -0.05) is 42.0 Å². The van der Waals surface area contributed by atoms with Crippen molar-refractivity contribution in [3.05, 3.63) is 59.7 Å². The Morgan fingerprint density at radius 2 is 1.83 bits per heavy atom. The van der Waals surface area contributed by atoms with Crippen molar-refractivity contribution in [2.24, 2.45) is 4.40 Å². The first-order chi connectivity index (χ1) is 11.5. The minimum absolute atomic E-state index is 0.00188. The normalized spacial score (nSPS) is 15.0. The third kappa shape index (κ3) is 3.46. The number of hydrogen-bond acceptors (Lipinski definition) is 4. The fraction of sp³-hybridized carbons (Fsp3) is 0.176. The van der Waals surface area contributed by atoms with Crippen LogP contribution in [0.3, 0.4) is 0 Å². The zero-order chi connectivity index (χ0) is 17.2. The summed E-state index contributed by atoms with van der Waals surface area (Å²) in [7, 11) is -3.67. The molecule has 0 unspecified atom stereocenters. The number of anilines is 1. The van der Waals surface area contributed by atoms with Crippen LogP contribution in [0.25, 0.3) is 0 Å². The van der Waals surface area contributed by atoms with Crippen LogP contribution in [0.2, 0.25) is 0 Å². The first-order valence-electron chi connectivity index (χ1n) is 7.44. The van der Waals surface area contributed by atoms with E-state index >= 15 is 0 Å². The summed E-state index contributed by atoms with van der Waals surface area (Å²) in [5, 5.41) is 2.83. The van der Waals surface area contributed by atoms with Crippen molar-refractivity contribution in [2.75, 3.05) is 11.4 Å². The van der Waals surface area contributed by atoms with E-state index in [1.54, 1.807) is 18.2 Å². The number of nitrogens with one attached hydrogen (secondary N) is 1. The lowest BCUT2D eigenvalue weighted by atomic mass is 10.1. The smallest absolute Gasteiger partial charge is 0.285 e. The zero-order valence-corrected chi connectivity index (χ0v) is 14.0. The average molecular weight is 343 g/mol. The summed E-state index contributed by atoms with van der Waals surface area (Å²) in [5.74, 6) is -0.212. The summed E-state index contributed by atoms with van der Waals surface area (Å²) in [6, 6.07) is 14.4. The Morgan fingerprint density at radius 1 is 1.12 bits per heavy atom. The molecule has 0 saturated carbocycles. The van der Waals surface area contributed by atoms with Crippen molar-refractivity contribution in [3.8, 4) is 0 Å². The third-order valence-corrected chi connectivity index (χ3v) is 4.97. The third-order valence-electron chi connectivity index (χ3n) is 3.70. The van der Waals surface area contributed by atoms with E-state index in [2.05, 4.69) is 9.71 Å². The molecule has 1 aliphatic heterocycles. The summed E-state index contributed by atoms with van der Waals surface area (Å²) in [5.41, 5.74) is 2.62. The van der Waals surface area contributed by atoms with Crippen LogP contribution in [-0.2, 0) is 21.4 Å². The number of hydrogen-bond donors (Lipinski definition) is 1. The van der Waals surface area contributed by atoms with E-state index in [0.717, 1.165) is 11.1 Å². The number of benzene rings is 2. The molecule has 1 amide bonds. The summed E-state index contributed by atoms with van der Waals surface area (Å²) in [4.78, 5) is 13.8. The summed E-state index contributed by atoms with van der Waals surface area (Å²) in [6.07, 6.45) is 1.18. The highest BCUT2D eigenvalue weighted by Gasteiger charge is 2.25. The first-order valence-corrected chi connectivity index (χ1v) is 8.88. The number of amides is 1. The van der Waals surface area contributed by atoms with E-state index in [1.807, 2.05) is 31.2 Å². The van der Waals surface area contributed by atoms with Gasteiger partial charge in [0, 0.05) is 6.54 Å². The fourth-order valence-electron chi connectivity index (χ4n) is 2.39. The lowest BCUT2D eigenvalue weighted by molar-refractivity contribution is -0.119. The van der Waals surface area contributed by atoms with Crippen LogP contribution in [0.1, 0.15) is 11.1 Å². The molecule has 0 aromatic heterocycles. The summed E-state index contributed by atoms with van der Waals surface area (Å²) in [6.45, 7) is 2.43. The van der Waals surface area contributed by atoms with Crippen LogP contribution in [0.4, 0.5) is 5.69 Å². The molecule has 1 N–H and O–H groups in total. The van der Waals surface area contributed by atoms with Crippen molar-refractivity contribution < 1.29 is 13.2 Å². The topological polar surface area (TPSA) is 78.8 Å². The maximum atomic E-state index is 12.2. The van der Waals surface area contributed by atoms with Crippen LogP contribution in [-0.4, -0.2) is 27.2 Å². The van der Waals surface area contributed by atoms with E-state index in [4.69, 9.17) is 0 Å². The van der Waals surface area contributed by atoms with Crippen LogP contribution >= 0.6 is 0 Å². The van der Waals surface area contributed by atoms with Crippen molar-refractivity contribution in [3.63, 3.8) is 0 Å². The highest BCUT2D eigenvalue weighted by molar-refractivity contribution is 7.90. The van der Waals surface area contributed by atoms with Gasteiger partial charge in [0.15, 0.2) is 0 Å². The van der Waals surface area contributed by atoms with Gasteiger partial charge in [0.25, 0.3) is 10.0 Å². The minimum atomic E-state index is -3.67. The molecule has 7 heteroatoms. The number of rotatable bonds is 4. The van der Waals surface area contributed by atoms with Crippen LogP contribution in [0, 0.1) is 6.92 Å². The van der Waals surface area contributed by atoms with Crippen molar-refractivity contribution in [1.29, 1.82) is 0 Å². The van der Waals surface area contributed by atoms with E-state index in [9.17, 15) is 13.2 Å². The number of nitrogens with zero attached hydrogens (tertiary/aromatic N) is 2. The number of sulfonamides is 1. The number of para-hydroxylation sites is 1. The van der Waals surface area contributed by atoms with E-state index in [0.29, 0.717) is 12.2 Å². The van der Waals surface area contributed by atoms with Gasteiger partial charge in [-0.25, -0.2) is 0 Å². The monoisotopic (exact) mass is 343 g/mol. The quantitative estimate of drug-likeness (QED) is 0.919. The molecule has 124 valence electrons. The van der Waals surface area contributed by atoms with Gasteiger partial charge in [-0.15, -0.1) is 4.40 Å². The van der Waals surface area contributed by atoms with Crippen LogP contribution in [0.5, 0.6) is 0 Å². The molecule has 0 aliphatic carbocycles. The van der Waals surface area contributed by atoms with Crippen LogP contribution < -0.4 is 10.2 Å². The van der Waals surface area contributed by atoms with Gasteiger partial charge in [0.1, 0.15) is 17.8 Å². The summed E-state index contributed by atoms with van der Waals surface area (Å²) >= 11 is 0. The zero-order valence-electron chi connectivity index (χ0n) is 13.1. The van der Waals surface area contributed by atoms with Crippen molar-refractivity contribution in [1.82, 2.24) is 5.32 Å². The van der Waals surface area contributed by atoms with Crippen molar-refractivity contribution >= 4 is 28.0 Å². The fourth-order valence-corrected chi connectivity index (χ4v) is 3.45. The molecule has 1 aliphatic rings. The minimum Gasteiger partial charge on any atom is -0.350 e. The molecule has 1 heterocycles. The number of aryl methyl sites for hydroxylation is 1. The molecule has 3 rings (SSSR count). The number of fused-ring (bicyclic) bond motifs is 1. The SMILES string of the molecule is Cc1ccc(CNC(=O)CN2C=NS(=O)(=O)c3ccccc32)cc1. The molecule has 0 bridgehead atoms. The van der Waals surface area contributed by atoms with Gasteiger partial charge in [-0.2, -0.15) is 8.42 Å². The molecule has 0 atom stereocenters. The van der Waals surface area contributed by atoms with E-state index in [1.165, 1.54) is 17.3 Å². The van der Waals surface area contributed by atoms with Crippen LogP contribution in [0.15, 0.2) is 57.8 Å². The van der Waals surface area contributed by atoms with Gasteiger partial charge < -0.3 is 10.2 Å². The van der Waals surface area contributed by atoms with E-state index in [-0.39, 0.29) is 17.3 Å².